The molecule has 3 N–H and O–H groups in total. The maximum absolute atomic E-state index is 13.7. The highest BCUT2D eigenvalue weighted by Gasteiger charge is 2.31. The lowest BCUT2D eigenvalue weighted by Crippen LogP contribution is -2.50. The van der Waals surface area contributed by atoms with Gasteiger partial charge in [0, 0.05) is 29.9 Å². The van der Waals surface area contributed by atoms with Crippen molar-refractivity contribution in [1.82, 2.24) is 14.8 Å². The van der Waals surface area contributed by atoms with E-state index in [0.717, 1.165) is 5.69 Å². The van der Waals surface area contributed by atoms with E-state index in [1.54, 1.807) is 17.0 Å². The molecule has 1 aromatic heterocycles. The van der Waals surface area contributed by atoms with Gasteiger partial charge >= 0.3 is 6.03 Å². The fraction of sp³-hybridized carbons (Fsp3) is 0.400. The van der Waals surface area contributed by atoms with Crippen LogP contribution in [0.5, 0.6) is 0 Å². The van der Waals surface area contributed by atoms with Gasteiger partial charge in [0.1, 0.15) is 5.82 Å². The lowest BCUT2D eigenvalue weighted by atomic mass is 9.99. The van der Waals surface area contributed by atoms with Gasteiger partial charge in [-0.15, -0.1) is 0 Å². The Morgan fingerprint density at radius 1 is 1.22 bits per heavy atom. The highest BCUT2D eigenvalue weighted by atomic mass is 19.1. The van der Waals surface area contributed by atoms with E-state index in [1.807, 2.05) is 32.3 Å². The van der Waals surface area contributed by atoms with Crippen molar-refractivity contribution in [3.05, 3.63) is 47.0 Å². The maximum Gasteiger partial charge on any atom is 0.318 e. The normalized spacial score (nSPS) is 14.0. The molecule has 2 aromatic rings. The van der Waals surface area contributed by atoms with Gasteiger partial charge < -0.3 is 20.5 Å². The van der Waals surface area contributed by atoms with E-state index >= 15 is 0 Å². The van der Waals surface area contributed by atoms with Crippen molar-refractivity contribution in [3.8, 4) is 11.1 Å². The second-order valence-electron chi connectivity index (χ2n) is 7.91. The van der Waals surface area contributed by atoms with E-state index in [0.29, 0.717) is 35.5 Å². The smallest absolute Gasteiger partial charge is 0.318 e. The summed E-state index contributed by atoms with van der Waals surface area (Å²) in [6.45, 7) is 8.98. The number of halogens is 1. The summed E-state index contributed by atoms with van der Waals surface area (Å²) in [5, 5.41) is 2.94. The largest absolute Gasteiger partial charge is 0.366 e. The Bertz CT molecular complexity index is 911. The van der Waals surface area contributed by atoms with Crippen LogP contribution in [0.1, 0.15) is 42.5 Å². The third-order valence-electron chi connectivity index (χ3n) is 4.69. The number of carbonyl (C=O) groups is 2. The summed E-state index contributed by atoms with van der Waals surface area (Å²) in [5.74, 6) is -0.957. The summed E-state index contributed by atoms with van der Waals surface area (Å²) in [6, 6.07) is 5.93. The minimum absolute atomic E-state index is 0.185. The molecule has 0 aliphatic carbocycles. The Morgan fingerprint density at radius 3 is 2.52 bits per heavy atom. The van der Waals surface area contributed by atoms with Crippen molar-refractivity contribution >= 4 is 11.9 Å². The van der Waals surface area contributed by atoms with Crippen LogP contribution in [-0.2, 0) is 13.1 Å². The molecule has 0 saturated heterocycles. The number of hydrogen-bond acceptors (Lipinski definition) is 2. The lowest BCUT2D eigenvalue weighted by molar-refractivity contribution is 0.0997. The molecule has 27 heavy (non-hydrogen) atoms. The van der Waals surface area contributed by atoms with Crippen molar-refractivity contribution < 1.29 is 14.0 Å². The zero-order valence-electron chi connectivity index (χ0n) is 16.1. The maximum atomic E-state index is 13.7. The van der Waals surface area contributed by atoms with Crippen molar-refractivity contribution in [2.75, 3.05) is 6.54 Å². The van der Waals surface area contributed by atoms with E-state index in [-0.39, 0.29) is 23.9 Å². The second-order valence-corrected chi connectivity index (χ2v) is 7.91. The van der Waals surface area contributed by atoms with Gasteiger partial charge in [-0.3, -0.25) is 4.79 Å². The van der Waals surface area contributed by atoms with Gasteiger partial charge in [-0.2, -0.15) is 0 Å². The summed E-state index contributed by atoms with van der Waals surface area (Å²) in [7, 11) is 0. The number of primary amides is 1. The Labute approximate surface area is 158 Å². The van der Waals surface area contributed by atoms with Crippen LogP contribution < -0.4 is 11.1 Å². The fourth-order valence-electron chi connectivity index (χ4n) is 3.58. The van der Waals surface area contributed by atoms with E-state index < -0.39 is 5.91 Å². The van der Waals surface area contributed by atoms with Crippen molar-refractivity contribution in [3.63, 3.8) is 0 Å². The van der Waals surface area contributed by atoms with Crippen molar-refractivity contribution in [2.24, 2.45) is 5.73 Å². The predicted octanol–water partition coefficient (Wildman–Crippen LogP) is 3.03. The van der Waals surface area contributed by atoms with Crippen molar-refractivity contribution in [1.29, 1.82) is 0 Å². The van der Waals surface area contributed by atoms with E-state index in [2.05, 4.69) is 5.32 Å². The monoisotopic (exact) mass is 372 g/mol. The molecule has 1 aromatic carbocycles. The van der Waals surface area contributed by atoms with Crippen LogP contribution in [0.4, 0.5) is 9.18 Å². The Kier molecular flexibility index (Phi) is 4.71. The summed E-state index contributed by atoms with van der Waals surface area (Å²) >= 11 is 0. The molecule has 0 bridgehead atoms. The minimum Gasteiger partial charge on any atom is -0.366 e. The van der Waals surface area contributed by atoms with E-state index in [1.165, 1.54) is 12.1 Å². The van der Waals surface area contributed by atoms with Gasteiger partial charge in [0.2, 0.25) is 0 Å². The molecule has 1 aliphatic rings. The molecule has 0 saturated carbocycles. The first kappa shape index (κ1) is 18.9. The van der Waals surface area contributed by atoms with E-state index in [9.17, 15) is 14.0 Å². The van der Waals surface area contributed by atoms with Crippen LogP contribution in [0.25, 0.3) is 11.1 Å². The number of benzene rings is 1. The van der Waals surface area contributed by atoms with Gasteiger partial charge in [0.15, 0.2) is 0 Å². The first-order chi connectivity index (χ1) is 12.6. The SMILES string of the molecule is Cc1c(-c2cccc(F)c2)c(C(N)=O)c2n1CCN(C(=O)NC(C)(C)C)C2. The topological polar surface area (TPSA) is 80.4 Å². The Hall–Kier alpha value is -2.83. The highest BCUT2D eigenvalue weighted by molar-refractivity contribution is 6.02. The number of hydrogen-bond donors (Lipinski definition) is 2. The lowest BCUT2D eigenvalue weighted by Gasteiger charge is -2.32. The fourth-order valence-corrected chi connectivity index (χ4v) is 3.58. The molecule has 2 heterocycles. The number of nitrogens with zero attached hydrogens (tertiary/aromatic N) is 2. The minimum atomic E-state index is -0.579. The standard InChI is InChI=1S/C20H25FN4O2/c1-12-16(13-6-5-7-14(21)10-13)17(18(22)26)15-11-24(8-9-25(12)15)19(27)23-20(2,3)4/h5-7,10H,8-9,11H2,1-4H3,(H2,22,26)(H,23,27). The third kappa shape index (κ3) is 3.67. The van der Waals surface area contributed by atoms with Crippen LogP contribution in [0, 0.1) is 12.7 Å². The average molecular weight is 372 g/mol. The van der Waals surface area contributed by atoms with Gasteiger partial charge in [0.05, 0.1) is 17.8 Å². The number of aromatic nitrogens is 1. The number of amides is 3. The average Bonchev–Trinajstić information content (AvgIpc) is 2.86. The number of carbonyl (C=O) groups excluding carboxylic acids is 2. The Morgan fingerprint density at radius 2 is 1.93 bits per heavy atom. The van der Waals surface area contributed by atoms with Crippen LogP contribution >= 0.6 is 0 Å². The van der Waals surface area contributed by atoms with Gasteiger partial charge in [-0.1, -0.05) is 12.1 Å². The van der Waals surface area contributed by atoms with Gasteiger partial charge in [-0.25, -0.2) is 9.18 Å². The number of urea groups is 1. The van der Waals surface area contributed by atoms with Crippen LogP contribution in [-0.4, -0.2) is 33.5 Å². The molecular formula is C20H25FN4O2. The number of nitrogens with one attached hydrogen (secondary N) is 1. The molecular weight excluding hydrogens is 347 g/mol. The molecule has 0 unspecified atom stereocenters. The molecule has 0 radical (unpaired) electrons. The first-order valence-corrected chi connectivity index (χ1v) is 8.93. The molecule has 7 heteroatoms. The summed E-state index contributed by atoms with van der Waals surface area (Å²) in [5.41, 5.74) is 8.46. The number of rotatable bonds is 2. The Balaban J connectivity index is 2.05. The second kappa shape index (κ2) is 6.72. The predicted molar refractivity (Wildman–Crippen MR) is 102 cm³/mol. The van der Waals surface area contributed by atoms with Crippen molar-refractivity contribution in [2.45, 2.75) is 46.3 Å². The summed E-state index contributed by atoms with van der Waals surface area (Å²) < 4.78 is 15.7. The molecule has 6 nitrogen and oxygen atoms in total. The van der Waals surface area contributed by atoms with Gasteiger partial charge in [0.25, 0.3) is 5.91 Å². The first-order valence-electron chi connectivity index (χ1n) is 8.93. The van der Waals surface area contributed by atoms with E-state index in [4.69, 9.17) is 5.73 Å². The number of nitrogens with two attached hydrogens (primary N) is 1. The molecule has 3 rings (SSSR count). The number of fused-ring (bicyclic) bond motifs is 1. The molecule has 1 aliphatic heterocycles. The molecule has 0 fully saturated rings. The zero-order chi connectivity index (χ0) is 19.9. The van der Waals surface area contributed by atoms with Crippen LogP contribution in [0.15, 0.2) is 24.3 Å². The third-order valence-corrected chi connectivity index (χ3v) is 4.69. The summed E-state index contributed by atoms with van der Waals surface area (Å²) in [6.07, 6.45) is 0. The van der Waals surface area contributed by atoms with Gasteiger partial charge in [-0.05, 0) is 45.4 Å². The summed E-state index contributed by atoms with van der Waals surface area (Å²) in [4.78, 5) is 26.5. The van der Waals surface area contributed by atoms with Crippen LogP contribution in [0.2, 0.25) is 0 Å². The molecule has 144 valence electrons. The zero-order valence-corrected chi connectivity index (χ0v) is 16.1. The quantitative estimate of drug-likeness (QED) is 0.850. The highest BCUT2D eigenvalue weighted by Crippen LogP contribution is 2.35. The molecule has 0 atom stereocenters. The van der Waals surface area contributed by atoms with Crippen LogP contribution in [0.3, 0.4) is 0 Å². The molecule has 0 spiro atoms. The molecule has 3 amide bonds.